The maximum absolute atomic E-state index is 12.1. The highest BCUT2D eigenvalue weighted by Gasteiger charge is 2.15. The minimum atomic E-state index is -0.620. The average Bonchev–Trinajstić information content (AvgIpc) is 3.14. The van der Waals surface area contributed by atoms with Gasteiger partial charge in [-0.15, -0.1) is 10.2 Å². The quantitative estimate of drug-likeness (QED) is 0.317. The number of nitrogens with zero attached hydrogens (tertiary/aromatic N) is 3. The molecule has 3 rings (SSSR count). The van der Waals surface area contributed by atoms with Crippen molar-refractivity contribution in [2.24, 2.45) is 0 Å². The second-order valence-electron chi connectivity index (χ2n) is 5.83. The smallest absolute Gasteiger partial charge is 0.289 e. The van der Waals surface area contributed by atoms with E-state index in [1.54, 1.807) is 0 Å². The van der Waals surface area contributed by atoms with Gasteiger partial charge in [-0.1, -0.05) is 35.5 Å². The van der Waals surface area contributed by atoms with Gasteiger partial charge in [0.25, 0.3) is 16.8 Å². The number of aryl methyl sites for hydroxylation is 1. The molecule has 0 fully saturated rings. The van der Waals surface area contributed by atoms with Gasteiger partial charge in [0.15, 0.2) is 6.61 Å². The van der Waals surface area contributed by atoms with E-state index in [-0.39, 0.29) is 45.8 Å². The molecule has 0 saturated heterocycles. The number of aromatic nitrogens is 2. The van der Waals surface area contributed by atoms with Crippen molar-refractivity contribution in [3.05, 3.63) is 69.1 Å². The molecule has 0 radical (unpaired) electrons. The number of thioether (sulfide) groups is 1. The number of nitrogens with one attached hydrogen (secondary N) is 1. The van der Waals surface area contributed by atoms with Gasteiger partial charge in [-0.2, -0.15) is 0 Å². The first-order chi connectivity index (χ1) is 13.9. The molecule has 1 heterocycles. The molecule has 29 heavy (non-hydrogen) atoms. The Labute approximate surface area is 174 Å². The van der Waals surface area contributed by atoms with Crippen molar-refractivity contribution in [3.8, 4) is 5.75 Å². The van der Waals surface area contributed by atoms with E-state index >= 15 is 0 Å². The molecule has 0 aliphatic rings. The van der Waals surface area contributed by atoms with E-state index < -0.39 is 4.92 Å². The lowest BCUT2D eigenvalue weighted by atomic mass is 10.2. The fourth-order valence-corrected chi connectivity index (χ4v) is 3.03. The largest absolute Gasteiger partial charge is 0.484 e. The van der Waals surface area contributed by atoms with Crippen LogP contribution < -0.4 is 10.1 Å². The first-order valence-corrected chi connectivity index (χ1v) is 9.65. The van der Waals surface area contributed by atoms with Crippen molar-refractivity contribution in [1.29, 1.82) is 0 Å². The van der Waals surface area contributed by atoms with E-state index in [0.717, 1.165) is 17.3 Å². The number of carbonyl (C=O) groups is 1. The topological polar surface area (TPSA) is 120 Å². The number of carbonyl (C=O) groups excluding carboxylic acids is 1. The molecule has 9 nitrogen and oxygen atoms in total. The van der Waals surface area contributed by atoms with Gasteiger partial charge < -0.3 is 14.5 Å². The van der Waals surface area contributed by atoms with Crippen LogP contribution in [0.3, 0.4) is 0 Å². The Hall–Kier alpha value is -3.11. The minimum absolute atomic E-state index is 0.00588. The van der Waals surface area contributed by atoms with E-state index in [0.29, 0.717) is 5.75 Å². The van der Waals surface area contributed by atoms with Crippen LogP contribution in [0.5, 0.6) is 5.75 Å². The number of nitro groups is 1. The van der Waals surface area contributed by atoms with Gasteiger partial charge in [0.2, 0.25) is 5.91 Å². The third-order valence-electron chi connectivity index (χ3n) is 3.55. The fraction of sp³-hybridized carbons (Fsp3) is 0.167. The summed E-state index contributed by atoms with van der Waals surface area (Å²) in [5, 5.41) is 21.4. The Morgan fingerprint density at radius 2 is 2.14 bits per heavy atom. The summed E-state index contributed by atoms with van der Waals surface area (Å²) >= 11 is 6.79. The summed E-state index contributed by atoms with van der Waals surface area (Å²) < 4.78 is 11.0. The molecule has 0 atom stereocenters. The number of anilines is 1. The van der Waals surface area contributed by atoms with Crippen molar-refractivity contribution in [2.45, 2.75) is 18.8 Å². The Morgan fingerprint density at radius 3 is 2.90 bits per heavy atom. The molecular weight excluding hydrogens is 420 g/mol. The van der Waals surface area contributed by atoms with Crippen LogP contribution in [0.4, 0.5) is 11.4 Å². The molecular formula is C18H15ClN4O5S. The molecule has 0 bridgehead atoms. The number of amides is 1. The number of rotatable bonds is 8. The van der Waals surface area contributed by atoms with E-state index in [9.17, 15) is 14.9 Å². The zero-order chi connectivity index (χ0) is 20.8. The summed E-state index contributed by atoms with van der Waals surface area (Å²) in [6.07, 6.45) is 0. The van der Waals surface area contributed by atoms with Gasteiger partial charge in [0.1, 0.15) is 10.8 Å². The van der Waals surface area contributed by atoms with Crippen molar-refractivity contribution < 1.29 is 18.9 Å². The zero-order valence-corrected chi connectivity index (χ0v) is 16.7. The molecule has 0 aliphatic heterocycles. The fourth-order valence-electron chi connectivity index (χ4n) is 2.26. The second-order valence-corrected chi connectivity index (χ2v) is 7.16. The molecule has 0 saturated carbocycles. The summed E-state index contributed by atoms with van der Waals surface area (Å²) in [5.41, 5.74) is 1.05. The third kappa shape index (κ3) is 5.93. The average molecular weight is 435 g/mol. The molecule has 150 valence electrons. The molecule has 1 amide bonds. The van der Waals surface area contributed by atoms with Gasteiger partial charge in [-0.25, -0.2) is 0 Å². The number of hydrogen-bond acceptors (Lipinski definition) is 8. The van der Waals surface area contributed by atoms with Gasteiger partial charge in [0, 0.05) is 11.8 Å². The van der Waals surface area contributed by atoms with Crippen LogP contribution in [0, 0.1) is 17.0 Å². The molecule has 1 N–H and O–H groups in total. The highest BCUT2D eigenvalue weighted by Crippen LogP contribution is 2.27. The summed E-state index contributed by atoms with van der Waals surface area (Å²) in [6, 6.07) is 11.6. The van der Waals surface area contributed by atoms with Gasteiger partial charge in [0.05, 0.1) is 10.7 Å². The molecule has 1 aromatic heterocycles. The van der Waals surface area contributed by atoms with Crippen LogP contribution in [0.15, 0.2) is 52.1 Å². The SMILES string of the molecule is Cc1cccc(OCc2nnc(SCC(=O)Nc3ccc(Cl)c([N+](=O)[O-])c3)o2)c1. The lowest BCUT2D eigenvalue weighted by molar-refractivity contribution is -0.384. The van der Waals surface area contributed by atoms with Crippen LogP contribution in [0.25, 0.3) is 0 Å². The van der Waals surface area contributed by atoms with Crippen molar-refractivity contribution in [3.63, 3.8) is 0 Å². The molecule has 11 heteroatoms. The Balaban J connectivity index is 1.49. The van der Waals surface area contributed by atoms with E-state index in [1.807, 2.05) is 31.2 Å². The summed E-state index contributed by atoms with van der Waals surface area (Å²) in [4.78, 5) is 22.3. The zero-order valence-electron chi connectivity index (χ0n) is 15.1. The van der Waals surface area contributed by atoms with Crippen molar-refractivity contribution >= 4 is 40.6 Å². The number of nitro benzene ring substituents is 1. The van der Waals surface area contributed by atoms with Gasteiger partial charge >= 0.3 is 0 Å². The molecule has 0 aliphatic carbocycles. The van der Waals surface area contributed by atoms with Crippen molar-refractivity contribution in [1.82, 2.24) is 10.2 Å². The van der Waals surface area contributed by atoms with Crippen LogP contribution in [0.2, 0.25) is 5.02 Å². The normalized spacial score (nSPS) is 10.6. The highest BCUT2D eigenvalue weighted by molar-refractivity contribution is 7.99. The number of hydrogen-bond donors (Lipinski definition) is 1. The Morgan fingerprint density at radius 1 is 1.31 bits per heavy atom. The number of ether oxygens (including phenoxy) is 1. The molecule has 3 aromatic rings. The minimum Gasteiger partial charge on any atom is -0.484 e. The Bertz CT molecular complexity index is 1040. The predicted molar refractivity (Wildman–Crippen MR) is 107 cm³/mol. The highest BCUT2D eigenvalue weighted by atomic mass is 35.5. The second kappa shape index (κ2) is 9.39. The van der Waals surface area contributed by atoms with E-state index in [2.05, 4.69) is 15.5 Å². The Kier molecular flexibility index (Phi) is 6.68. The predicted octanol–water partition coefficient (Wildman–Crippen LogP) is 4.25. The number of halogens is 1. The first kappa shape index (κ1) is 20.6. The van der Waals surface area contributed by atoms with E-state index in [1.165, 1.54) is 18.2 Å². The molecule has 0 spiro atoms. The van der Waals surface area contributed by atoms with E-state index in [4.69, 9.17) is 20.8 Å². The lowest BCUT2D eigenvalue weighted by Crippen LogP contribution is -2.14. The third-order valence-corrected chi connectivity index (χ3v) is 4.69. The van der Waals surface area contributed by atoms with Crippen LogP contribution in [0.1, 0.15) is 11.5 Å². The van der Waals surface area contributed by atoms with Gasteiger partial charge in [-0.05, 0) is 36.8 Å². The summed E-state index contributed by atoms with van der Waals surface area (Å²) in [6.45, 7) is 2.07. The van der Waals surface area contributed by atoms with Crippen LogP contribution in [-0.2, 0) is 11.4 Å². The molecule has 2 aromatic carbocycles. The summed E-state index contributed by atoms with van der Waals surface area (Å²) in [5.74, 6) is 0.565. The number of benzene rings is 2. The summed E-state index contributed by atoms with van der Waals surface area (Å²) in [7, 11) is 0. The lowest BCUT2D eigenvalue weighted by Gasteiger charge is -2.04. The molecule has 0 unspecified atom stereocenters. The van der Waals surface area contributed by atoms with Gasteiger partial charge in [-0.3, -0.25) is 14.9 Å². The monoisotopic (exact) mass is 434 g/mol. The first-order valence-electron chi connectivity index (χ1n) is 8.29. The van der Waals surface area contributed by atoms with Crippen LogP contribution >= 0.6 is 23.4 Å². The maximum atomic E-state index is 12.1. The van der Waals surface area contributed by atoms with Crippen LogP contribution in [-0.4, -0.2) is 26.8 Å². The standard InChI is InChI=1S/C18H15ClN4O5S/c1-11-3-2-4-13(7-11)27-9-17-21-22-18(28-17)29-10-16(24)20-12-5-6-14(19)15(8-12)23(25)26/h2-8H,9-10H2,1H3,(H,20,24). The maximum Gasteiger partial charge on any atom is 0.289 e. The van der Waals surface area contributed by atoms with Crippen molar-refractivity contribution in [2.75, 3.05) is 11.1 Å².